The fraction of sp³-hybridized carbons (Fsp3) is 0.417. The fourth-order valence-electron chi connectivity index (χ4n) is 2.01. The molecular formula is C12H14N2O4. The van der Waals surface area contributed by atoms with Crippen LogP contribution in [0.3, 0.4) is 0 Å². The molecule has 6 heteroatoms. The highest BCUT2D eigenvalue weighted by Gasteiger charge is 2.37. The summed E-state index contributed by atoms with van der Waals surface area (Å²) in [5, 5.41) is 0. The van der Waals surface area contributed by atoms with E-state index in [-0.39, 0.29) is 18.3 Å². The van der Waals surface area contributed by atoms with Crippen LogP contribution in [0.25, 0.3) is 0 Å². The first kappa shape index (κ1) is 12.3. The number of pyridine rings is 1. The van der Waals surface area contributed by atoms with E-state index in [1.807, 2.05) is 0 Å². The lowest BCUT2D eigenvalue weighted by atomic mass is 10.1. The van der Waals surface area contributed by atoms with Crippen LogP contribution in [-0.4, -0.2) is 37.6 Å². The molecule has 1 aliphatic rings. The largest absolute Gasteiger partial charge is 0.480 e. The van der Waals surface area contributed by atoms with E-state index in [2.05, 4.69) is 9.72 Å². The van der Waals surface area contributed by atoms with Crippen molar-refractivity contribution < 1.29 is 19.1 Å². The maximum Gasteiger partial charge on any atom is 0.311 e. The molecule has 0 spiro atoms. The second-order valence-corrected chi connectivity index (χ2v) is 3.96. The number of ether oxygens (including phenoxy) is 2. The summed E-state index contributed by atoms with van der Waals surface area (Å²) in [5.41, 5.74) is 0.580. The topological polar surface area (TPSA) is 68.7 Å². The van der Waals surface area contributed by atoms with E-state index in [0.29, 0.717) is 18.1 Å². The number of rotatable bonds is 3. The zero-order chi connectivity index (χ0) is 13.1. The summed E-state index contributed by atoms with van der Waals surface area (Å²) < 4.78 is 9.77. The first-order chi connectivity index (χ1) is 8.67. The average Bonchev–Trinajstić information content (AvgIpc) is 2.79. The van der Waals surface area contributed by atoms with Gasteiger partial charge < -0.3 is 14.4 Å². The minimum absolute atomic E-state index is 0.128. The number of hydrogen-bond donors (Lipinski definition) is 0. The van der Waals surface area contributed by atoms with Crippen molar-refractivity contribution in [2.75, 3.05) is 25.7 Å². The molecule has 1 unspecified atom stereocenters. The van der Waals surface area contributed by atoms with Crippen LogP contribution in [-0.2, 0) is 14.3 Å². The van der Waals surface area contributed by atoms with Gasteiger partial charge >= 0.3 is 5.97 Å². The first-order valence-electron chi connectivity index (χ1n) is 5.54. The van der Waals surface area contributed by atoms with Gasteiger partial charge in [0.2, 0.25) is 11.8 Å². The summed E-state index contributed by atoms with van der Waals surface area (Å²) in [4.78, 5) is 28.9. The molecule has 1 amide bonds. The highest BCUT2D eigenvalue weighted by atomic mass is 16.5. The monoisotopic (exact) mass is 250 g/mol. The Bertz CT molecular complexity index is 475. The lowest BCUT2D eigenvalue weighted by molar-refractivity contribution is -0.145. The number of nitrogens with zero attached hydrogens (tertiary/aromatic N) is 2. The van der Waals surface area contributed by atoms with Crippen LogP contribution in [0.5, 0.6) is 5.88 Å². The maximum atomic E-state index is 11.9. The number of amides is 1. The standard InChI is InChI=1S/C12H14N2O4/c1-17-11-9(4-3-5-13-11)14-7-8(6-10(14)15)12(16)18-2/h3-5,8H,6-7H2,1-2H3. The van der Waals surface area contributed by atoms with Crippen molar-refractivity contribution in [3.05, 3.63) is 18.3 Å². The number of hydrogen-bond acceptors (Lipinski definition) is 5. The zero-order valence-corrected chi connectivity index (χ0v) is 10.3. The molecule has 1 aromatic heterocycles. The molecule has 0 N–H and O–H groups in total. The van der Waals surface area contributed by atoms with Crippen molar-refractivity contribution >= 4 is 17.6 Å². The summed E-state index contributed by atoms with van der Waals surface area (Å²) in [6.07, 6.45) is 1.74. The summed E-state index contributed by atoms with van der Waals surface area (Å²) in [5.74, 6) is -0.547. The van der Waals surface area contributed by atoms with Gasteiger partial charge in [-0.25, -0.2) is 4.98 Å². The molecule has 0 aromatic carbocycles. The molecule has 96 valence electrons. The highest BCUT2D eigenvalue weighted by Crippen LogP contribution is 2.31. The molecule has 0 bridgehead atoms. The van der Waals surface area contributed by atoms with Crippen LogP contribution in [0.15, 0.2) is 18.3 Å². The van der Waals surface area contributed by atoms with Crippen LogP contribution in [0.2, 0.25) is 0 Å². The van der Waals surface area contributed by atoms with Gasteiger partial charge in [-0.2, -0.15) is 0 Å². The molecule has 1 atom stereocenters. The van der Waals surface area contributed by atoms with Crippen LogP contribution in [0.1, 0.15) is 6.42 Å². The third-order valence-corrected chi connectivity index (χ3v) is 2.89. The van der Waals surface area contributed by atoms with E-state index in [1.54, 1.807) is 18.3 Å². The summed E-state index contributed by atoms with van der Waals surface area (Å²) in [7, 11) is 2.81. The molecule has 18 heavy (non-hydrogen) atoms. The minimum atomic E-state index is -0.424. The Morgan fingerprint density at radius 3 is 2.94 bits per heavy atom. The van der Waals surface area contributed by atoms with Gasteiger partial charge in [0.15, 0.2) is 0 Å². The normalized spacial score (nSPS) is 18.9. The van der Waals surface area contributed by atoms with Crippen LogP contribution in [0, 0.1) is 5.92 Å². The number of carbonyl (C=O) groups is 2. The molecule has 1 aromatic rings. The predicted octanol–water partition coefficient (Wildman–Crippen LogP) is 0.616. The van der Waals surface area contributed by atoms with Gasteiger partial charge in [0.1, 0.15) is 5.69 Å². The Balaban J connectivity index is 2.24. The van der Waals surface area contributed by atoms with Gasteiger partial charge in [-0.1, -0.05) is 0 Å². The number of anilines is 1. The molecule has 0 aliphatic carbocycles. The molecule has 0 saturated carbocycles. The van der Waals surface area contributed by atoms with E-state index in [9.17, 15) is 9.59 Å². The molecule has 0 radical (unpaired) electrons. The maximum absolute atomic E-state index is 11.9. The van der Waals surface area contributed by atoms with Crippen molar-refractivity contribution in [2.24, 2.45) is 5.92 Å². The van der Waals surface area contributed by atoms with Crippen molar-refractivity contribution in [2.45, 2.75) is 6.42 Å². The van der Waals surface area contributed by atoms with E-state index < -0.39 is 5.92 Å². The molecular weight excluding hydrogens is 236 g/mol. The number of methoxy groups -OCH3 is 2. The van der Waals surface area contributed by atoms with E-state index in [4.69, 9.17) is 4.74 Å². The van der Waals surface area contributed by atoms with Crippen molar-refractivity contribution in [1.82, 2.24) is 4.98 Å². The molecule has 1 fully saturated rings. The second-order valence-electron chi connectivity index (χ2n) is 3.96. The molecule has 2 heterocycles. The van der Waals surface area contributed by atoms with Crippen molar-refractivity contribution in [1.29, 1.82) is 0 Å². The third-order valence-electron chi connectivity index (χ3n) is 2.89. The summed E-state index contributed by atoms with van der Waals surface area (Å²) >= 11 is 0. The predicted molar refractivity (Wildman–Crippen MR) is 63.3 cm³/mol. The van der Waals surface area contributed by atoms with Crippen LogP contribution >= 0.6 is 0 Å². The van der Waals surface area contributed by atoms with Gasteiger partial charge in [0, 0.05) is 19.2 Å². The average molecular weight is 250 g/mol. The Morgan fingerprint density at radius 1 is 1.50 bits per heavy atom. The smallest absolute Gasteiger partial charge is 0.311 e. The molecule has 1 aliphatic heterocycles. The fourth-order valence-corrected chi connectivity index (χ4v) is 2.01. The molecule has 2 rings (SSSR count). The number of carbonyl (C=O) groups excluding carboxylic acids is 2. The van der Waals surface area contributed by atoms with E-state index in [1.165, 1.54) is 19.1 Å². The van der Waals surface area contributed by atoms with E-state index in [0.717, 1.165) is 0 Å². The molecule has 1 saturated heterocycles. The van der Waals surface area contributed by atoms with E-state index >= 15 is 0 Å². The number of aromatic nitrogens is 1. The summed E-state index contributed by atoms with van der Waals surface area (Å²) in [6.45, 7) is 0.299. The van der Waals surface area contributed by atoms with Gasteiger partial charge in [-0.05, 0) is 12.1 Å². The van der Waals surface area contributed by atoms with Crippen LogP contribution in [0.4, 0.5) is 5.69 Å². The Hall–Kier alpha value is -2.11. The minimum Gasteiger partial charge on any atom is -0.480 e. The summed E-state index contributed by atoms with van der Waals surface area (Å²) in [6, 6.07) is 3.46. The Labute approximate surface area is 105 Å². The number of esters is 1. The van der Waals surface area contributed by atoms with Crippen molar-refractivity contribution in [3.63, 3.8) is 0 Å². The zero-order valence-electron chi connectivity index (χ0n) is 10.3. The highest BCUT2D eigenvalue weighted by molar-refractivity contribution is 6.00. The molecule has 6 nitrogen and oxygen atoms in total. The van der Waals surface area contributed by atoms with Gasteiger partial charge in [0.25, 0.3) is 0 Å². The third kappa shape index (κ3) is 2.13. The SMILES string of the molecule is COC(=O)C1CC(=O)N(c2cccnc2OC)C1. The lowest BCUT2D eigenvalue weighted by Crippen LogP contribution is -2.26. The quantitative estimate of drug-likeness (QED) is 0.735. The van der Waals surface area contributed by atoms with Gasteiger partial charge in [0.05, 0.1) is 20.1 Å². The van der Waals surface area contributed by atoms with Crippen molar-refractivity contribution in [3.8, 4) is 5.88 Å². The first-order valence-corrected chi connectivity index (χ1v) is 5.54. The van der Waals surface area contributed by atoms with Gasteiger partial charge in [-0.15, -0.1) is 0 Å². The lowest BCUT2D eigenvalue weighted by Gasteiger charge is -2.18. The Kier molecular flexibility index (Phi) is 3.45. The second kappa shape index (κ2) is 5.03. The van der Waals surface area contributed by atoms with Gasteiger partial charge in [-0.3, -0.25) is 9.59 Å². The Morgan fingerprint density at radius 2 is 2.28 bits per heavy atom. The van der Waals surface area contributed by atoms with Crippen LogP contribution < -0.4 is 9.64 Å².